The van der Waals surface area contributed by atoms with Gasteiger partial charge in [-0.3, -0.25) is 9.69 Å². The van der Waals surface area contributed by atoms with Gasteiger partial charge in [0.15, 0.2) is 0 Å². The van der Waals surface area contributed by atoms with Crippen molar-refractivity contribution in [1.29, 1.82) is 0 Å². The summed E-state index contributed by atoms with van der Waals surface area (Å²) >= 11 is 0. The van der Waals surface area contributed by atoms with Gasteiger partial charge < -0.3 is 10.1 Å². The van der Waals surface area contributed by atoms with Gasteiger partial charge in [0.1, 0.15) is 6.04 Å². The lowest BCUT2D eigenvalue weighted by atomic mass is 10.2. The maximum absolute atomic E-state index is 11.1. The van der Waals surface area contributed by atoms with E-state index < -0.39 is 0 Å². The van der Waals surface area contributed by atoms with Gasteiger partial charge in [-0.2, -0.15) is 0 Å². The van der Waals surface area contributed by atoms with Crippen molar-refractivity contribution in [1.82, 2.24) is 10.2 Å². The Bertz CT molecular complexity index is 157. The maximum atomic E-state index is 11.1. The van der Waals surface area contributed by atoms with E-state index in [1.807, 2.05) is 11.9 Å². The van der Waals surface area contributed by atoms with E-state index in [2.05, 4.69) is 10.1 Å². The predicted molar refractivity (Wildman–Crippen MR) is 55.8 cm³/mol. The molecule has 1 unspecified atom stereocenters. The third-order valence-corrected chi connectivity index (χ3v) is 1.98. The van der Waals surface area contributed by atoms with Crippen LogP contribution in [0.3, 0.4) is 0 Å². The zero-order valence-corrected chi connectivity index (χ0v) is 9.41. The second-order valence-electron chi connectivity index (χ2n) is 2.72. The van der Waals surface area contributed by atoms with E-state index in [4.69, 9.17) is 0 Å². The van der Waals surface area contributed by atoms with Gasteiger partial charge in [-0.25, -0.2) is 0 Å². The highest BCUT2D eigenvalue weighted by molar-refractivity contribution is 5.85. The van der Waals surface area contributed by atoms with E-state index >= 15 is 0 Å². The molecule has 0 amide bonds. The summed E-state index contributed by atoms with van der Waals surface area (Å²) in [7, 11) is 3.35. The van der Waals surface area contributed by atoms with Crippen LogP contribution in [0.5, 0.6) is 0 Å². The second-order valence-corrected chi connectivity index (χ2v) is 2.72. The smallest absolute Gasteiger partial charge is 0.324 e. The molecule has 4 nitrogen and oxygen atoms in total. The van der Waals surface area contributed by atoms with Crippen LogP contribution in [0.15, 0.2) is 0 Å². The Labute approximate surface area is 90.8 Å². The highest BCUT2D eigenvalue weighted by Crippen LogP contribution is 2.00. The van der Waals surface area contributed by atoms with Crippen molar-refractivity contribution in [2.45, 2.75) is 6.04 Å². The third-order valence-electron chi connectivity index (χ3n) is 1.98. The zero-order valence-electron chi connectivity index (χ0n) is 7.78. The van der Waals surface area contributed by atoms with Crippen molar-refractivity contribution >= 4 is 30.8 Å². The van der Waals surface area contributed by atoms with Crippen LogP contribution in [-0.2, 0) is 9.53 Å². The molecule has 1 N–H and O–H groups in total. The molecular weight excluding hydrogens is 215 g/mol. The molecule has 6 heteroatoms. The number of esters is 1. The fourth-order valence-corrected chi connectivity index (χ4v) is 1.21. The summed E-state index contributed by atoms with van der Waals surface area (Å²) in [5, 5.41) is 3.14. The SMILES string of the molecule is COC(=O)C1CNCCN1C.Cl.Cl. The molecule has 0 radical (unpaired) electrons. The quantitative estimate of drug-likeness (QED) is 0.640. The van der Waals surface area contributed by atoms with Gasteiger partial charge in [0.2, 0.25) is 0 Å². The highest BCUT2D eigenvalue weighted by Gasteiger charge is 2.25. The van der Waals surface area contributed by atoms with Crippen molar-refractivity contribution in [3.63, 3.8) is 0 Å². The fraction of sp³-hybridized carbons (Fsp3) is 0.857. The monoisotopic (exact) mass is 230 g/mol. The molecule has 1 rings (SSSR count). The lowest BCUT2D eigenvalue weighted by Crippen LogP contribution is -2.53. The van der Waals surface area contributed by atoms with Crippen molar-refractivity contribution in [3.05, 3.63) is 0 Å². The van der Waals surface area contributed by atoms with Gasteiger partial charge >= 0.3 is 5.97 Å². The van der Waals surface area contributed by atoms with Crippen molar-refractivity contribution < 1.29 is 9.53 Å². The lowest BCUT2D eigenvalue weighted by molar-refractivity contribution is -0.146. The third kappa shape index (κ3) is 4.13. The largest absolute Gasteiger partial charge is 0.468 e. The number of piperazine rings is 1. The zero-order chi connectivity index (χ0) is 8.27. The highest BCUT2D eigenvalue weighted by atomic mass is 35.5. The Kier molecular flexibility index (Phi) is 8.77. The number of halogens is 2. The van der Waals surface area contributed by atoms with Crippen molar-refractivity contribution in [3.8, 4) is 0 Å². The number of likely N-dealkylation sites (N-methyl/N-ethyl adjacent to an activating group) is 1. The minimum absolute atomic E-state index is 0. The molecule has 0 spiro atoms. The van der Waals surface area contributed by atoms with E-state index in [-0.39, 0.29) is 36.8 Å². The van der Waals surface area contributed by atoms with Crippen LogP contribution in [0.25, 0.3) is 0 Å². The van der Waals surface area contributed by atoms with Crippen molar-refractivity contribution in [2.24, 2.45) is 0 Å². The number of carbonyl (C=O) groups is 1. The van der Waals surface area contributed by atoms with Gasteiger partial charge in [-0.05, 0) is 7.05 Å². The van der Waals surface area contributed by atoms with Crippen molar-refractivity contribution in [2.75, 3.05) is 33.8 Å². The fourth-order valence-electron chi connectivity index (χ4n) is 1.21. The first kappa shape index (κ1) is 15.4. The molecule has 1 heterocycles. The first-order valence-corrected chi connectivity index (χ1v) is 3.74. The average Bonchev–Trinajstić information content (AvgIpc) is 2.04. The van der Waals surface area contributed by atoms with Crippen LogP contribution in [0.4, 0.5) is 0 Å². The van der Waals surface area contributed by atoms with Gasteiger partial charge in [-0.15, -0.1) is 24.8 Å². The van der Waals surface area contributed by atoms with Gasteiger partial charge in [0.25, 0.3) is 0 Å². The first-order chi connectivity index (χ1) is 5.25. The Balaban J connectivity index is 0. The molecule has 0 aromatic heterocycles. The number of hydrogen-bond donors (Lipinski definition) is 1. The van der Waals surface area contributed by atoms with Gasteiger partial charge in [0, 0.05) is 19.6 Å². The van der Waals surface area contributed by atoms with E-state index in [0.717, 1.165) is 13.1 Å². The molecule has 0 bridgehead atoms. The van der Waals surface area contributed by atoms with Gasteiger partial charge in [-0.1, -0.05) is 0 Å². The molecule has 1 fully saturated rings. The van der Waals surface area contributed by atoms with Crippen LogP contribution in [-0.4, -0.2) is 50.7 Å². The minimum atomic E-state index is -0.153. The molecule has 0 aliphatic carbocycles. The maximum Gasteiger partial charge on any atom is 0.324 e. The Hall–Kier alpha value is -0.0300. The summed E-state index contributed by atoms with van der Waals surface area (Å²) in [6.45, 7) is 2.55. The Morgan fingerprint density at radius 2 is 2.15 bits per heavy atom. The second kappa shape index (κ2) is 7.38. The molecule has 0 aromatic rings. The molecule has 1 aliphatic heterocycles. The average molecular weight is 231 g/mol. The van der Waals surface area contributed by atoms with Crippen LogP contribution in [0.1, 0.15) is 0 Å². The molecule has 0 aromatic carbocycles. The summed E-state index contributed by atoms with van der Waals surface area (Å²) in [5.41, 5.74) is 0. The summed E-state index contributed by atoms with van der Waals surface area (Å²) in [6, 6.07) is -0.103. The Morgan fingerprint density at radius 1 is 1.54 bits per heavy atom. The predicted octanol–water partition coefficient (Wildman–Crippen LogP) is -0.0934. The van der Waals surface area contributed by atoms with E-state index in [1.165, 1.54) is 7.11 Å². The topological polar surface area (TPSA) is 41.6 Å². The van der Waals surface area contributed by atoms with Crippen LogP contribution in [0.2, 0.25) is 0 Å². The standard InChI is InChI=1S/C7H14N2O2.2ClH/c1-9-4-3-8-5-6(9)7(10)11-2;;/h6,8H,3-5H2,1-2H3;2*1H. The van der Waals surface area contributed by atoms with E-state index in [9.17, 15) is 4.79 Å². The van der Waals surface area contributed by atoms with E-state index in [1.54, 1.807) is 0 Å². The summed E-state index contributed by atoms with van der Waals surface area (Å²) in [6.07, 6.45) is 0. The number of rotatable bonds is 1. The van der Waals surface area contributed by atoms with Crippen LogP contribution >= 0.6 is 24.8 Å². The number of methoxy groups -OCH3 is 1. The normalized spacial score (nSPS) is 22.5. The Morgan fingerprint density at radius 3 is 2.62 bits per heavy atom. The summed E-state index contributed by atoms with van der Waals surface area (Å²) in [5.74, 6) is -0.153. The number of nitrogens with one attached hydrogen (secondary N) is 1. The summed E-state index contributed by atoms with van der Waals surface area (Å²) < 4.78 is 4.64. The minimum Gasteiger partial charge on any atom is -0.468 e. The molecule has 1 atom stereocenters. The number of ether oxygens (including phenoxy) is 1. The summed E-state index contributed by atoms with van der Waals surface area (Å²) in [4.78, 5) is 13.1. The van der Waals surface area contributed by atoms with Gasteiger partial charge in [0.05, 0.1) is 7.11 Å². The first-order valence-electron chi connectivity index (χ1n) is 3.74. The van der Waals surface area contributed by atoms with E-state index in [0.29, 0.717) is 6.54 Å². The molecule has 80 valence electrons. The molecule has 13 heavy (non-hydrogen) atoms. The number of nitrogens with zero attached hydrogens (tertiary/aromatic N) is 1. The lowest BCUT2D eigenvalue weighted by Gasteiger charge is -2.30. The van der Waals surface area contributed by atoms with Crippen LogP contribution in [0, 0.1) is 0 Å². The number of hydrogen-bond acceptors (Lipinski definition) is 4. The molecule has 1 saturated heterocycles. The number of carbonyl (C=O) groups excluding carboxylic acids is 1. The molecule has 1 aliphatic rings. The van der Waals surface area contributed by atoms with Crippen LogP contribution < -0.4 is 5.32 Å². The molecule has 0 saturated carbocycles. The molecular formula is C7H16Cl2N2O2.